The molecule has 1 rings (SSSR count). The SMILES string of the molecule is CCCCCCCCC(NCC)c1cc(Br)ccc1F. The highest BCUT2D eigenvalue weighted by Crippen LogP contribution is 2.26. The molecule has 0 saturated carbocycles. The number of halogens is 2. The Balaban J connectivity index is 2.49. The van der Waals surface area contributed by atoms with Gasteiger partial charge in [0.2, 0.25) is 0 Å². The van der Waals surface area contributed by atoms with Crippen LogP contribution < -0.4 is 5.32 Å². The zero-order valence-corrected chi connectivity index (χ0v) is 14.3. The molecule has 20 heavy (non-hydrogen) atoms. The van der Waals surface area contributed by atoms with E-state index in [1.54, 1.807) is 12.1 Å². The average Bonchev–Trinajstić information content (AvgIpc) is 2.44. The van der Waals surface area contributed by atoms with E-state index in [1.165, 1.54) is 32.1 Å². The summed E-state index contributed by atoms with van der Waals surface area (Å²) in [6, 6.07) is 5.33. The van der Waals surface area contributed by atoms with Crippen LogP contribution in [0.4, 0.5) is 4.39 Å². The van der Waals surface area contributed by atoms with E-state index in [4.69, 9.17) is 0 Å². The van der Waals surface area contributed by atoms with Crippen LogP contribution in [0.2, 0.25) is 0 Å². The van der Waals surface area contributed by atoms with Crippen molar-refractivity contribution in [3.05, 3.63) is 34.1 Å². The number of hydrogen-bond acceptors (Lipinski definition) is 1. The maximum absolute atomic E-state index is 14.0. The van der Waals surface area contributed by atoms with Gasteiger partial charge in [0, 0.05) is 16.1 Å². The zero-order valence-electron chi connectivity index (χ0n) is 12.7. The van der Waals surface area contributed by atoms with Gasteiger partial charge >= 0.3 is 0 Å². The van der Waals surface area contributed by atoms with Gasteiger partial charge in [-0.05, 0) is 31.2 Å². The van der Waals surface area contributed by atoms with Crippen LogP contribution in [-0.4, -0.2) is 6.54 Å². The van der Waals surface area contributed by atoms with Crippen molar-refractivity contribution < 1.29 is 4.39 Å². The fraction of sp³-hybridized carbons (Fsp3) is 0.647. The third kappa shape index (κ3) is 6.36. The molecule has 0 amide bonds. The topological polar surface area (TPSA) is 12.0 Å². The summed E-state index contributed by atoms with van der Waals surface area (Å²) in [6.45, 7) is 5.17. The summed E-state index contributed by atoms with van der Waals surface area (Å²) in [7, 11) is 0. The number of nitrogens with one attached hydrogen (secondary N) is 1. The van der Waals surface area contributed by atoms with Gasteiger partial charge in [-0.2, -0.15) is 0 Å². The molecule has 3 heteroatoms. The van der Waals surface area contributed by atoms with Crippen molar-refractivity contribution in [2.24, 2.45) is 0 Å². The average molecular weight is 344 g/mol. The van der Waals surface area contributed by atoms with Crippen molar-refractivity contribution in [1.29, 1.82) is 0 Å². The van der Waals surface area contributed by atoms with Crippen LogP contribution in [0.15, 0.2) is 22.7 Å². The molecule has 0 aliphatic rings. The van der Waals surface area contributed by atoms with Crippen LogP contribution in [0.3, 0.4) is 0 Å². The lowest BCUT2D eigenvalue weighted by molar-refractivity contribution is 0.457. The number of rotatable bonds is 10. The molecular weight excluding hydrogens is 317 g/mol. The van der Waals surface area contributed by atoms with Gasteiger partial charge in [-0.3, -0.25) is 0 Å². The Bertz CT molecular complexity index is 381. The lowest BCUT2D eigenvalue weighted by Crippen LogP contribution is -2.22. The number of unbranched alkanes of at least 4 members (excludes halogenated alkanes) is 5. The van der Waals surface area contributed by atoms with Gasteiger partial charge in [0.25, 0.3) is 0 Å². The summed E-state index contributed by atoms with van der Waals surface area (Å²) in [5.74, 6) is -0.106. The Hall–Kier alpha value is -0.410. The van der Waals surface area contributed by atoms with Crippen molar-refractivity contribution >= 4 is 15.9 Å². The Morgan fingerprint density at radius 2 is 1.80 bits per heavy atom. The Kier molecular flexibility index (Phi) is 9.12. The van der Waals surface area contributed by atoms with E-state index in [0.717, 1.165) is 29.4 Å². The highest BCUT2D eigenvalue weighted by Gasteiger charge is 2.14. The van der Waals surface area contributed by atoms with Gasteiger partial charge < -0.3 is 5.32 Å². The predicted molar refractivity (Wildman–Crippen MR) is 88.5 cm³/mol. The maximum Gasteiger partial charge on any atom is 0.128 e. The number of hydrogen-bond donors (Lipinski definition) is 1. The van der Waals surface area contributed by atoms with E-state index >= 15 is 0 Å². The Morgan fingerprint density at radius 3 is 2.50 bits per heavy atom. The van der Waals surface area contributed by atoms with Crippen molar-refractivity contribution in [2.45, 2.75) is 64.8 Å². The predicted octanol–water partition coefficient (Wildman–Crippen LogP) is 5.99. The Labute approximate surface area is 131 Å². The van der Waals surface area contributed by atoms with Crippen molar-refractivity contribution in [2.75, 3.05) is 6.54 Å². The molecule has 1 N–H and O–H groups in total. The first kappa shape index (κ1) is 17.6. The second kappa shape index (κ2) is 10.3. The summed E-state index contributed by atoms with van der Waals surface area (Å²) < 4.78 is 14.9. The van der Waals surface area contributed by atoms with Crippen LogP contribution in [0.25, 0.3) is 0 Å². The van der Waals surface area contributed by atoms with Crippen molar-refractivity contribution in [3.8, 4) is 0 Å². The maximum atomic E-state index is 14.0. The second-order valence-corrected chi connectivity index (χ2v) is 6.25. The first-order chi connectivity index (χ1) is 9.69. The fourth-order valence-electron chi connectivity index (χ4n) is 2.52. The molecule has 0 saturated heterocycles. The molecule has 0 aliphatic heterocycles. The van der Waals surface area contributed by atoms with Gasteiger partial charge in [-0.1, -0.05) is 68.3 Å². The summed E-state index contributed by atoms with van der Waals surface area (Å²) in [5.41, 5.74) is 0.787. The summed E-state index contributed by atoms with van der Waals surface area (Å²) in [4.78, 5) is 0. The minimum atomic E-state index is -0.106. The van der Waals surface area contributed by atoms with E-state index in [2.05, 4.69) is 35.1 Å². The molecule has 0 heterocycles. The van der Waals surface area contributed by atoms with Gasteiger partial charge in [0.05, 0.1) is 0 Å². The van der Waals surface area contributed by atoms with E-state index < -0.39 is 0 Å². The first-order valence-electron chi connectivity index (χ1n) is 7.87. The number of benzene rings is 1. The van der Waals surface area contributed by atoms with Crippen LogP contribution in [-0.2, 0) is 0 Å². The van der Waals surface area contributed by atoms with Crippen LogP contribution >= 0.6 is 15.9 Å². The summed E-state index contributed by atoms with van der Waals surface area (Å²) in [6.07, 6.45) is 8.65. The van der Waals surface area contributed by atoms with Gasteiger partial charge in [-0.25, -0.2) is 4.39 Å². The lowest BCUT2D eigenvalue weighted by atomic mass is 9.99. The molecule has 0 bridgehead atoms. The van der Waals surface area contributed by atoms with Gasteiger partial charge in [0.15, 0.2) is 0 Å². The van der Waals surface area contributed by atoms with Gasteiger partial charge in [0.1, 0.15) is 5.82 Å². The third-order valence-electron chi connectivity index (χ3n) is 3.63. The molecule has 0 radical (unpaired) electrons. The molecule has 0 fully saturated rings. The van der Waals surface area contributed by atoms with Gasteiger partial charge in [-0.15, -0.1) is 0 Å². The molecular formula is C17H27BrFN. The quantitative estimate of drug-likeness (QED) is 0.514. The minimum Gasteiger partial charge on any atom is -0.310 e. The highest BCUT2D eigenvalue weighted by atomic mass is 79.9. The summed E-state index contributed by atoms with van der Waals surface area (Å²) >= 11 is 3.43. The summed E-state index contributed by atoms with van der Waals surface area (Å²) in [5, 5.41) is 3.41. The molecule has 114 valence electrons. The van der Waals surface area contributed by atoms with Crippen molar-refractivity contribution in [1.82, 2.24) is 5.32 Å². The molecule has 0 aromatic heterocycles. The molecule has 1 atom stereocenters. The second-order valence-electron chi connectivity index (χ2n) is 5.33. The normalized spacial score (nSPS) is 12.6. The fourth-order valence-corrected chi connectivity index (χ4v) is 2.90. The van der Waals surface area contributed by atoms with Crippen LogP contribution in [0.5, 0.6) is 0 Å². The molecule has 1 aromatic rings. The zero-order chi connectivity index (χ0) is 14.8. The molecule has 1 unspecified atom stereocenters. The smallest absolute Gasteiger partial charge is 0.128 e. The standard InChI is InChI=1S/C17H27BrFN/c1-3-5-6-7-8-9-10-17(20-4-2)15-13-14(18)11-12-16(15)19/h11-13,17,20H,3-10H2,1-2H3. The van der Waals surface area contributed by atoms with Crippen LogP contribution in [0, 0.1) is 5.82 Å². The molecule has 1 nitrogen and oxygen atoms in total. The first-order valence-corrected chi connectivity index (χ1v) is 8.66. The van der Waals surface area contributed by atoms with E-state index in [1.807, 2.05) is 6.07 Å². The van der Waals surface area contributed by atoms with Crippen molar-refractivity contribution in [3.63, 3.8) is 0 Å². The minimum absolute atomic E-state index is 0.106. The largest absolute Gasteiger partial charge is 0.310 e. The highest BCUT2D eigenvalue weighted by molar-refractivity contribution is 9.10. The molecule has 1 aromatic carbocycles. The van der Waals surface area contributed by atoms with E-state index in [-0.39, 0.29) is 11.9 Å². The Morgan fingerprint density at radius 1 is 1.10 bits per heavy atom. The molecule has 0 aliphatic carbocycles. The lowest BCUT2D eigenvalue weighted by Gasteiger charge is -2.19. The van der Waals surface area contributed by atoms with E-state index in [9.17, 15) is 4.39 Å². The van der Waals surface area contributed by atoms with Crippen LogP contribution in [0.1, 0.15) is 70.4 Å². The third-order valence-corrected chi connectivity index (χ3v) is 4.12. The molecule has 0 spiro atoms. The van der Waals surface area contributed by atoms with E-state index in [0.29, 0.717) is 0 Å². The monoisotopic (exact) mass is 343 g/mol.